The predicted octanol–water partition coefficient (Wildman–Crippen LogP) is 3.67. The summed E-state index contributed by atoms with van der Waals surface area (Å²) < 4.78 is 5.93. The Balaban J connectivity index is 1.49. The molecule has 0 saturated carbocycles. The number of hydrogen-bond acceptors (Lipinski definition) is 3. The number of benzene rings is 1. The van der Waals surface area contributed by atoms with E-state index >= 15 is 0 Å². The van der Waals surface area contributed by atoms with Crippen molar-refractivity contribution >= 4 is 17.2 Å². The number of ether oxygens (including phenoxy) is 1. The second-order valence-corrected chi connectivity index (χ2v) is 6.60. The lowest BCUT2D eigenvalue weighted by Gasteiger charge is -2.32. The van der Waals surface area contributed by atoms with E-state index in [9.17, 15) is 4.79 Å². The molecule has 2 aromatic rings. The van der Waals surface area contributed by atoms with Gasteiger partial charge in [0.2, 0.25) is 5.91 Å². The van der Waals surface area contributed by atoms with E-state index in [0.717, 1.165) is 37.2 Å². The maximum Gasteiger partial charge on any atom is 0.226 e. The van der Waals surface area contributed by atoms with Crippen molar-refractivity contribution in [2.75, 3.05) is 13.1 Å². The fraction of sp³-hybridized carbons (Fsp3) is 0.389. The predicted molar refractivity (Wildman–Crippen MR) is 89.4 cm³/mol. The fourth-order valence-electron chi connectivity index (χ4n) is 2.84. The van der Waals surface area contributed by atoms with Gasteiger partial charge in [0.15, 0.2) is 0 Å². The second kappa shape index (κ2) is 6.97. The lowest BCUT2D eigenvalue weighted by Crippen LogP contribution is -2.42. The van der Waals surface area contributed by atoms with Crippen molar-refractivity contribution in [1.29, 1.82) is 0 Å². The number of carbonyl (C=O) groups is 1. The molecule has 0 unspecified atom stereocenters. The van der Waals surface area contributed by atoms with Gasteiger partial charge in [-0.3, -0.25) is 4.79 Å². The van der Waals surface area contributed by atoms with Crippen molar-refractivity contribution in [3.05, 3.63) is 52.2 Å². The first-order chi connectivity index (χ1) is 10.7. The van der Waals surface area contributed by atoms with Crippen LogP contribution >= 0.6 is 11.3 Å². The van der Waals surface area contributed by atoms with E-state index < -0.39 is 0 Å². The van der Waals surface area contributed by atoms with E-state index in [1.165, 1.54) is 5.56 Å². The largest absolute Gasteiger partial charge is 0.489 e. The zero-order chi connectivity index (χ0) is 15.4. The molecule has 22 heavy (non-hydrogen) atoms. The number of nitrogens with zero attached hydrogens (tertiary/aromatic N) is 1. The van der Waals surface area contributed by atoms with Crippen LogP contribution < -0.4 is 4.74 Å². The van der Waals surface area contributed by atoms with Gasteiger partial charge in [0.05, 0.1) is 6.42 Å². The molecule has 3 rings (SSSR count). The number of hydrogen-bond donors (Lipinski definition) is 0. The molecule has 2 heterocycles. The molecule has 116 valence electrons. The molecule has 1 fully saturated rings. The number of carbonyl (C=O) groups excluding carboxylic acids is 1. The Morgan fingerprint density at radius 3 is 2.82 bits per heavy atom. The number of thiophene rings is 1. The number of amides is 1. The Bertz CT molecular complexity index is 616. The van der Waals surface area contributed by atoms with Gasteiger partial charge in [-0.15, -0.1) is 11.3 Å². The summed E-state index contributed by atoms with van der Waals surface area (Å²) in [6.07, 6.45) is 2.56. The number of rotatable bonds is 4. The van der Waals surface area contributed by atoms with Crippen LogP contribution in [0.15, 0.2) is 41.1 Å². The highest BCUT2D eigenvalue weighted by molar-refractivity contribution is 7.08. The molecule has 0 atom stereocenters. The third kappa shape index (κ3) is 3.89. The first-order valence-corrected chi connectivity index (χ1v) is 8.67. The van der Waals surface area contributed by atoms with Crippen molar-refractivity contribution in [2.24, 2.45) is 0 Å². The minimum atomic E-state index is 0.222. The minimum Gasteiger partial charge on any atom is -0.489 e. The van der Waals surface area contributed by atoms with Gasteiger partial charge in [-0.05, 0) is 23.9 Å². The van der Waals surface area contributed by atoms with E-state index in [2.05, 4.69) is 19.1 Å². The van der Waals surface area contributed by atoms with Crippen molar-refractivity contribution in [3.8, 4) is 5.75 Å². The maximum absolute atomic E-state index is 12.4. The van der Waals surface area contributed by atoms with Gasteiger partial charge in [0.25, 0.3) is 0 Å². The summed E-state index contributed by atoms with van der Waals surface area (Å²) in [7, 11) is 0. The van der Waals surface area contributed by atoms with Crippen molar-refractivity contribution < 1.29 is 9.53 Å². The van der Waals surface area contributed by atoms with Crippen LogP contribution in [0.5, 0.6) is 5.75 Å². The summed E-state index contributed by atoms with van der Waals surface area (Å²) in [4.78, 5) is 14.4. The third-order valence-electron chi connectivity index (χ3n) is 4.03. The van der Waals surface area contributed by atoms with E-state index in [0.29, 0.717) is 6.42 Å². The smallest absolute Gasteiger partial charge is 0.226 e. The molecule has 1 amide bonds. The molecule has 1 aliphatic heterocycles. The van der Waals surface area contributed by atoms with Gasteiger partial charge < -0.3 is 9.64 Å². The monoisotopic (exact) mass is 315 g/mol. The van der Waals surface area contributed by atoms with Crippen LogP contribution in [0.3, 0.4) is 0 Å². The number of aryl methyl sites for hydroxylation is 1. The lowest BCUT2D eigenvalue weighted by atomic mass is 10.0. The molecular weight excluding hydrogens is 294 g/mol. The average Bonchev–Trinajstić information content (AvgIpc) is 3.01. The van der Waals surface area contributed by atoms with Gasteiger partial charge in [-0.25, -0.2) is 0 Å². The van der Waals surface area contributed by atoms with Crippen LogP contribution in [0, 0.1) is 6.92 Å². The summed E-state index contributed by atoms with van der Waals surface area (Å²) in [6.45, 7) is 3.64. The minimum absolute atomic E-state index is 0.222. The zero-order valence-corrected chi connectivity index (χ0v) is 13.6. The summed E-state index contributed by atoms with van der Waals surface area (Å²) >= 11 is 1.65. The second-order valence-electron chi connectivity index (χ2n) is 5.82. The third-order valence-corrected chi connectivity index (χ3v) is 4.69. The molecule has 0 aliphatic carbocycles. The van der Waals surface area contributed by atoms with Crippen LogP contribution in [-0.4, -0.2) is 30.0 Å². The highest BCUT2D eigenvalue weighted by Crippen LogP contribution is 2.21. The first-order valence-electron chi connectivity index (χ1n) is 7.73. The topological polar surface area (TPSA) is 29.5 Å². The number of likely N-dealkylation sites (tertiary alicyclic amines) is 1. The van der Waals surface area contributed by atoms with E-state index in [1.54, 1.807) is 11.3 Å². The summed E-state index contributed by atoms with van der Waals surface area (Å²) in [5.74, 6) is 1.18. The average molecular weight is 315 g/mol. The molecule has 1 saturated heterocycles. The summed E-state index contributed by atoms with van der Waals surface area (Å²) in [5, 5.41) is 4.05. The van der Waals surface area contributed by atoms with Gasteiger partial charge >= 0.3 is 0 Å². The van der Waals surface area contributed by atoms with Gasteiger partial charge in [-0.1, -0.05) is 29.8 Å². The molecule has 0 spiro atoms. The van der Waals surface area contributed by atoms with Crippen LogP contribution in [0.25, 0.3) is 0 Å². The molecular formula is C18H21NO2S. The SMILES string of the molecule is Cc1cccc(CC(=O)N2CCC(Oc3ccsc3)CC2)c1. The van der Waals surface area contributed by atoms with Crippen molar-refractivity contribution in [2.45, 2.75) is 32.3 Å². The van der Waals surface area contributed by atoms with Gasteiger partial charge in [-0.2, -0.15) is 0 Å². The summed E-state index contributed by atoms with van der Waals surface area (Å²) in [6, 6.07) is 10.2. The molecule has 3 nitrogen and oxygen atoms in total. The Kier molecular flexibility index (Phi) is 4.78. The maximum atomic E-state index is 12.4. The van der Waals surface area contributed by atoms with Crippen LogP contribution in [0.1, 0.15) is 24.0 Å². The van der Waals surface area contributed by atoms with Gasteiger partial charge in [0.1, 0.15) is 11.9 Å². The highest BCUT2D eigenvalue weighted by atomic mass is 32.1. The highest BCUT2D eigenvalue weighted by Gasteiger charge is 2.24. The molecule has 1 aliphatic rings. The standard InChI is InChI=1S/C18H21NO2S/c1-14-3-2-4-15(11-14)12-18(20)19-8-5-16(6-9-19)21-17-7-10-22-13-17/h2-4,7,10-11,13,16H,5-6,8-9,12H2,1H3. The number of piperidine rings is 1. The molecule has 1 aromatic heterocycles. The molecule has 1 aromatic carbocycles. The van der Waals surface area contributed by atoms with Crippen LogP contribution in [0.2, 0.25) is 0 Å². The molecule has 0 radical (unpaired) electrons. The fourth-order valence-corrected chi connectivity index (χ4v) is 3.40. The van der Waals surface area contributed by atoms with Crippen LogP contribution in [-0.2, 0) is 11.2 Å². The quantitative estimate of drug-likeness (QED) is 0.861. The Labute approximate surface area is 135 Å². The summed E-state index contributed by atoms with van der Waals surface area (Å²) in [5.41, 5.74) is 2.30. The molecule has 0 bridgehead atoms. The van der Waals surface area contributed by atoms with Crippen molar-refractivity contribution in [3.63, 3.8) is 0 Å². The lowest BCUT2D eigenvalue weighted by molar-refractivity contribution is -0.132. The molecule has 4 heteroatoms. The van der Waals surface area contributed by atoms with Crippen molar-refractivity contribution in [1.82, 2.24) is 4.90 Å². The zero-order valence-electron chi connectivity index (χ0n) is 12.8. The Hall–Kier alpha value is -1.81. The van der Waals surface area contributed by atoms with Gasteiger partial charge in [0, 0.05) is 31.3 Å². The van der Waals surface area contributed by atoms with E-state index in [1.807, 2.05) is 33.9 Å². The normalized spacial score (nSPS) is 15.8. The Morgan fingerprint density at radius 2 is 2.14 bits per heavy atom. The van der Waals surface area contributed by atoms with Crippen LogP contribution in [0.4, 0.5) is 0 Å². The molecule has 0 N–H and O–H groups in total. The van der Waals surface area contributed by atoms with E-state index in [-0.39, 0.29) is 12.0 Å². The Morgan fingerprint density at radius 1 is 1.32 bits per heavy atom. The van der Waals surface area contributed by atoms with E-state index in [4.69, 9.17) is 4.74 Å². The first kappa shape index (κ1) is 15.1.